The predicted octanol–water partition coefficient (Wildman–Crippen LogP) is 2.04. The highest BCUT2D eigenvalue weighted by Gasteiger charge is 2.25. The van der Waals surface area contributed by atoms with E-state index in [-0.39, 0.29) is 5.71 Å². The third kappa shape index (κ3) is 2.55. The van der Waals surface area contributed by atoms with Crippen molar-refractivity contribution in [3.63, 3.8) is 0 Å². The molecule has 96 valence electrons. The summed E-state index contributed by atoms with van der Waals surface area (Å²) in [6.45, 7) is 1.74. The van der Waals surface area contributed by atoms with Crippen molar-refractivity contribution in [3.8, 4) is 0 Å². The minimum absolute atomic E-state index is 0.0918. The lowest BCUT2D eigenvalue weighted by molar-refractivity contribution is -0.132. The van der Waals surface area contributed by atoms with Crippen molar-refractivity contribution in [1.82, 2.24) is 4.72 Å². The summed E-state index contributed by atoms with van der Waals surface area (Å²) in [7, 11) is 1.27. The maximum Gasteiger partial charge on any atom is 0.357 e. The Labute approximate surface area is 119 Å². The van der Waals surface area contributed by atoms with Crippen LogP contribution in [0.15, 0.2) is 25.9 Å². The van der Waals surface area contributed by atoms with Gasteiger partial charge in [-0.25, -0.2) is 9.00 Å². The maximum absolute atomic E-state index is 11.6. The zero-order valence-electron chi connectivity index (χ0n) is 9.52. The first-order chi connectivity index (χ1) is 8.52. The number of nitrogens with zero attached hydrogens (tertiary/aromatic N) is 1. The van der Waals surface area contributed by atoms with Gasteiger partial charge in [-0.15, -0.1) is 11.3 Å². The van der Waals surface area contributed by atoms with E-state index < -0.39 is 17.1 Å². The molecule has 18 heavy (non-hydrogen) atoms. The number of hydrogen-bond donors (Lipinski definition) is 1. The van der Waals surface area contributed by atoms with E-state index in [9.17, 15) is 9.00 Å². The molecular weight excluding hydrogens is 340 g/mol. The van der Waals surface area contributed by atoms with Crippen LogP contribution in [0.2, 0.25) is 0 Å². The van der Waals surface area contributed by atoms with E-state index in [0.717, 1.165) is 8.66 Å². The Kier molecular flexibility index (Phi) is 3.98. The summed E-state index contributed by atoms with van der Waals surface area (Å²) in [6.07, 6.45) is 0. The van der Waals surface area contributed by atoms with Gasteiger partial charge in [0.25, 0.3) is 0 Å². The first-order valence-corrected chi connectivity index (χ1v) is 7.57. The van der Waals surface area contributed by atoms with Crippen LogP contribution in [0, 0.1) is 0 Å². The lowest BCUT2D eigenvalue weighted by Crippen LogP contribution is -2.28. The van der Waals surface area contributed by atoms with Crippen molar-refractivity contribution in [2.75, 3.05) is 7.11 Å². The quantitative estimate of drug-likeness (QED) is 0.831. The highest BCUT2D eigenvalue weighted by atomic mass is 79.9. The van der Waals surface area contributed by atoms with Gasteiger partial charge in [-0.1, -0.05) is 0 Å². The van der Waals surface area contributed by atoms with Crippen LogP contribution in [0.25, 0.3) is 5.70 Å². The van der Waals surface area contributed by atoms with Gasteiger partial charge in [0.15, 0.2) is 5.71 Å². The number of hydrogen-bond acceptors (Lipinski definition) is 4. The minimum atomic E-state index is -1.66. The van der Waals surface area contributed by atoms with Crippen LogP contribution < -0.4 is 4.72 Å². The Morgan fingerprint density at radius 1 is 1.56 bits per heavy atom. The van der Waals surface area contributed by atoms with Crippen LogP contribution in [0.4, 0.5) is 0 Å². The summed E-state index contributed by atoms with van der Waals surface area (Å²) >= 11 is 3.17. The summed E-state index contributed by atoms with van der Waals surface area (Å²) in [5.41, 5.74) is 1.35. The molecule has 0 saturated carbocycles. The minimum Gasteiger partial charge on any atom is -0.464 e. The van der Waals surface area contributed by atoms with Gasteiger partial charge < -0.3 is 4.74 Å². The normalized spacial score (nSPS) is 19.3. The topological polar surface area (TPSA) is 67.8 Å². The molecule has 0 bridgehead atoms. The van der Waals surface area contributed by atoms with Crippen molar-refractivity contribution in [2.24, 2.45) is 4.40 Å². The highest BCUT2D eigenvalue weighted by molar-refractivity contribution is 9.11. The van der Waals surface area contributed by atoms with E-state index >= 15 is 0 Å². The molecule has 2 heterocycles. The van der Waals surface area contributed by atoms with E-state index in [1.54, 1.807) is 6.92 Å². The summed E-state index contributed by atoms with van der Waals surface area (Å²) in [4.78, 5) is 12.4. The average molecular weight is 349 g/mol. The Morgan fingerprint density at radius 3 is 2.83 bits per heavy atom. The second-order valence-electron chi connectivity index (χ2n) is 3.39. The van der Waals surface area contributed by atoms with Crippen molar-refractivity contribution >= 4 is 55.8 Å². The number of nitrogens with one attached hydrogen (secondary N) is 1. The van der Waals surface area contributed by atoms with Gasteiger partial charge in [0, 0.05) is 5.57 Å². The molecule has 1 aromatic heterocycles. The highest BCUT2D eigenvalue weighted by Crippen LogP contribution is 2.30. The fourth-order valence-corrected chi connectivity index (χ4v) is 3.80. The zero-order chi connectivity index (χ0) is 13.3. The second kappa shape index (κ2) is 5.33. The van der Waals surface area contributed by atoms with Gasteiger partial charge in [0.1, 0.15) is 0 Å². The Hall–Kier alpha value is -0.990. The zero-order valence-corrected chi connectivity index (χ0v) is 12.7. The largest absolute Gasteiger partial charge is 0.464 e. The molecule has 1 unspecified atom stereocenters. The molecule has 0 amide bonds. The predicted molar refractivity (Wildman–Crippen MR) is 75.3 cm³/mol. The van der Waals surface area contributed by atoms with E-state index in [2.05, 4.69) is 29.8 Å². The number of rotatable bonds is 2. The van der Waals surface area contributed by atoms with Crippen LogP contribution in [-0.2, 0) is 20.7 Å². The molecule has 0 spiro atoms. The molecule has 8 heteroatoms. The molecule has 1 aromatic rings. The third-order valence-corrected chi connectivity index (χ3v) is 4.66. The summed E-state index contributed by atoms with van der Waals surface area (Å²) in [6, 6.07) is 3.76. The van der Waals surface area contributed by atoms with E-state index in [4.69, 9.17) is 0 Å². The number of carbonyl (C=O) groups is 1. The van der Waals surface area contributed by atoms with Gasteiger partial charge in [0.2, 0.25) is 11.2 Å². The molecule has 2 rings (SSSR count). The van der Waals surface area contributed by atoms with Crippen molar-refractivity contribution < 1.29 is 13.7 Å². The van der Waals surface area contributed by atoms with Crippen molar-refractivity contribution in [3.05, 3.63) is 26.4 Å². The van der Waals surface area contributed by atoms with Crippen LogP contribution >= 0.6 is 27.3 Å². The Balaban J connectivity index is 2.49. The lowest BCUT2D eigenvalue weighted by atomic mass is 10.1. The molecule has 1 atom stereocenters. The van der Waals surface area contributed by atoms with E-state index in [1.165, 1.54) is 18.4 Å². The molecule has 5 nitrogen and oxygen atoms in total. The first-order valence-electron chi connectivity index (χ1n) is 4.85. The average Bonchev–Trinajstić information content (AvgIpc) is 2.77. The number of carbonyl (C=O) groups excluding carboxylic acids is 1. The molecule has 0 aliphatic carbocycles. The van der Waals surface area contributed by atoms with Crippen LogP contribution in [-0.4, -0.2) is 23.0 Å². The fraction of sp³-hybridized carbons (Fsp3) is 0.200. The van der Waals surface area contributed by atoms with E-state index in [1.807, 2.05) is 12.1 Å². The van der Waals surface area contributed by atoms with Gasteiger partial charge in [-0.2, -0.15) is 4.40 Å². The van der Waals surface area contributed by atoms with Gasteiger partial charge in [-0.05, 0) is 35.0 Å². The lowest BCUT2D eigenvalue weighted by Gasteiger charge is -2.16. The van der Waals surface area contributed by atoms with Crippen LogP contribution in [0.5, 0.6) is 0 Å². The number of halogens is 1. The Morgan fingerprint density at radius 2 is 2.28 bits per heavy atom. The number of methoxy groups -OCH3 is 1. The molecule has 0 saturated heterocycles. The summed E-state index contributed by atoms with van der Waals surface area (Å²) in [5, 5.41) is 0. The number of thiophene rings is 1. The summed E-state index contributed by atoms with van der Waals surface area (Å²) < 4.78 is 23.7. The van der Waals surface area contributed by atoms with Crippen LogP contribution in [0.3, 0.4) is 0 Å². The standard InChI is InChI=1S/C10H9BrN2O3S2/c1-5-8(6-3-4-7(11)17-6)12-18(15)13-9(5)10(14)16-2/h3-4,12H,1-2H3. The monoisotopic (exact) mass is 348 g/mol. The summed E-state index contributed by atoms with van der Waals surface area (Å²) in [5.74, 6) is -0.588. The Bertz CT molecular complexity index is 592. The van der Waals surface area contributed by atoms with Crippen molar-refractivity contribution in [1.29, 1.82) is 0 Å². The van der Waals surface area contributed by atoms with Crippen molar-refractivity contribution in [2.45, 2.75) is 6.92 Å². The third-order valence-electron chi connectivity index (χ3n) is 2.29. The number of esters is 1. The van der Waals surface area contributed by atoms with Crippen LogP contribution in [0.1, 0.15) is 11.8 Å². The van der Waals surface area contributed by atoms with E-state index in [0.29, 0.717) is 11.3 Å². The molecule has 1 aliphatic rings. The molecular formula is C10H9BrN2O3S2. The molecule has 1 N–H and O–H groups in total. The first kappa shape index (κ1) is 13.4. The fourth-order valence-electron chi connectivity index (χ4n) is 1.43. The van der Waals surface area contributed by atoms with Gasteiger partial charge >= 0.3 is 5.97 Å². The number of ether oxygens (including phenoxy) is 1. The van der Waals surface area contributed by atoms with Gasteiger partial charge in [-0.3, -0.25) is 4.72 Å². The van der Waals surface area contributed by atoms with Gasteiger partial charge in [0.05, 0.1) is 21.5 Å². The second-order valence-corrected chi connectivity index (χ2v) is 6.73. The smallest absolute Gasteiger partial charge is 0.357 e. The SMILES string of the molecule is COC(=O)C1=NS(=O)NC(c2ccc(Br)s2)=C1C. The molecule has 1 aliphatic heterocycles. The maximum atomic E-state index is 11.6. The molecule has 0 fully saturated rings. The molecule has 0 aromatic carbocycles. The molecule has 0 radical (unpaired) electrons.